The third-order valence-electron chi connectivity index (χ3n) is 5.68. The second-order valence-electron chi connectivity index (χ2n) is 7.75. The van der Waals surface area contributed by atoms with Crippen molar-refractivity contribution in [2.45, 2.75) is 33.2 Å². The van der Waals surface area contributed by atoms with Gasteiger partial charge in [-0.05, 0) is 38.4 Å². The molecule has 2 aromatic rings. The number of nitrogens with zero attached hydrogens (tertiary/aromatic N) is 2. The van der Waals surface area contributed by atoms with E-state index in [1.165, 1.54) is 11.3 Å². The van der Waals surface area contributed by atoms with E-state index in [1.54, 1.807) is 0 Å². The zero-order valence-corrected chi connectivity index (χ0v) is 19.1. The van der Waals surface area contributed by atoms with E-state index in [1.807, 2.05) is 54.1 Å². The number of rotatable bonds is 7. The van der Waals surface area contributed by atoms with Gasteiger partial charge in [0.15, 0.2) is 0 Å². The van der Waals surface area contributed by atoms with Gasteiger partial charge in [0.25, 0.3) is 5.91 Å². The van der Waals surface area contributed by atoms with Crippen LogP contribution < -0.4 is 5.32 Å². The zero-order valence-electron chi connectivity index (χ0n) is 18.2. The summed E-state index contributed by atoms with van der Waals surface area (Å²) in [5.41, 5.74) is 2.56. The second kappa shape index (κ2) is 10.2. The molecule has 0 radical (unpaired) electrons. The number of hydrogen-bond acceptors (Lipinski definition) is 5. The van der Waals surface area contributed by atoms with Crippen LogP contribution in [0.4, 0.5) is 5.00 Å². The van der Waals surface area contributed by atoms with Gasteiger partial charge in [0.1, 0.15) is 5.00 Å². The summed E-state index contributed by atoms with van der Waals surface area (Å²) in [4.78, 5) is 31.0. The quantitative estimate of drug-likeness (QED) is 0.726. The van der Waals surface area contributed by atoms with Crippen molar-refractivity contribution in [3.8, 4) is 10.4 Å². The first-order valence-electron chi connectivity index (χ1n) is 10.5. The molecule has 0 aliphatic carbocycles. The minimum absolute atomic E-state index is 0.0418. The molecule has 1 saturated heterocycles. The van der Waals surface area contributed by atoms with Crippen LogP contribution in [0.25, 0.3) is 10.4 Å². The Bertz CT molecular complexity index is 875. The minimum Gasteiger partial charge on any atom is -0.378 e. The topological polar surface area (TPSA) is 61.9 Å². The van der Waals surface area contributed by atoms with Gasteiger partial charge in [0.05, 0.1) is 25.3 Å². The average Bonchev–Trinajstić information content (AvgIpc) is 3.09. The SMILES string of the molecule is CCC(C)N(C)CC(=O)Nc1sc(-c2ccccc2)c(C)c1C(=O)N1CCOCC1. The van der Waals surface area contributed by atoms with Gasteiger partial charge in [-0.15, -0.1) is 11.3 Å². The summed E-state index contributed by atoms with van der Waals surface area (Å²) in [6, 6.07) is 10.3. The largest absolute Gasteiger partial charge is 0.378 e. The Kier molecular flexibility index (Phi) is 7.64. The van der Waals surface area contributed by atoms with Crippen molar-refractivity contribution in [3.05, 3.63) is 41.5 Å². The molecule has 1 aliphatic rings. The normalized spacial score (nSPS) is 15.3. The van der Waals surface area contributed by atoms with Crippen LogP contribution in [0.15, 0.2) is 30.3 Å². The molecular weight excluding hydrogens is 398 g/mol. The summed E-state index contributed by atoms with van der Waals surface area (Å²) in [5.74, 6) is -0.144. The van der Waals surface area contributed by atoms with Crippen molar-refractivity contribution in [1.29, 1.82) is 0 Å². The van der Waals surface area contributed by atoms with E-state index in [0.717, 1.165) is 22.4 Å². The number of ether oxygens (including phenoxy) is 1. The third kappa shape index (κ3) is 5.09. The summed E-state index contributed by atoms with van der Waals surface area (Å²) in [6.45, 7) is 8.68. The lowest BCUT2D eigenvalue weighted by Gasteiger charge is -2.27. The van der Waals surface area contributed by atoms with Crippen molar-refractivity contribution < 1.29 is 14.3 Å². The molecule has 6 nitrogen and oxygen atoms in total. The van der Waals surface area contributed by atoms with Crippen LogP contribution in [0.1, 0.15) is 36.2 Å². The highest BCUT2D eigenvalue weighted by Gasteiger charge is 2.28. The monoisotopic (exact) mass is 429 g/mol. The first-order chi connectivity index (χ1) is 14.4. The Balaban J connectivity index is 1.91. The van der Waals surface area contributed by atoms with Crippen molar-refractivity contribution in [2.24, 2.45) is 0 Å². The predicted molar refractivity (Wildman–Crippen MR) is 122 cm³/mol. The van der Waals surface area contributed by atoms with Gasteiger partial charge in [-0.3, -0.25) is 14.5 Å². The van der Waals surface area contributed by atoms with Gasteiger partial charge in [0.2, 0.25) is 5.91 Å². The van der Waals surface area contributed by atoms with Crippen molar-refractivity contribution in [2.75, 3.05) is 45.2 Å². The number of carbonyl (C=O) groups is 2. The van der Waals surface area contributed by atoms with E-state index in [4.69, 9.17) is 4.74 Å². The fraction of sp³-hybridized carbons (Fsp3) is 0.478. The maximum Gasteiger partial charge on any atom is 0.257 e. The smallest absolute Gasteiger partial charge is 0.257 e. The highest BCUT2D eigenvalue weighted by atomic mass is 32.1. The van der Waals surface area contributed by atoms with Gasteiger partial charge in [0, 0.05) is 24.0 Å². The number of anilines is 1. The molecule has 2 amide bonds. The first kappa shape index (κ1) is 22.5. The number of benzene rings is 1. The molecule has 1 unspecified atom stereocenters. The number of nitrogens with one attached hydrogen (secondary N) is 1. The number of amides is 2. The van der Waals surface area contributed by atoms with Crippen LogP contribution in [0.5, 0.6) is 0 Å². The summed E-state index contributed by atoms with van der Waals surface area (Å²) in [7, 11) is 1.95. The molecule has 0 saturated carbocycles. The molecule has 0 spiro atoms. The zero-order chi connectivity index (χ0) is 21.7. The summed E-state index contributed by atoms with van der Waals surface area (Å²) >= 11 is 1.47. The van der Waals surface area contributed by atoms with Crippen LogP contribution >= 0.6 is 11.3 Å². The molecule has 3 rings (SSSR count). The fourth-order valence-corrected chi connectivity index (χ4v) is 4.73. The Morgan fingerprint density at radius 2 is 1.90 bits per heavy atom. The Morgan fingerprint density at radius 3 is 2.53 bits per heavy atom. The van der Waals surface area contributed by atoms with Gasteiger partial charge in [-0.25, -0.2) is 0 Å². The Morgan fingerprint density at radius 1 is 1.23 bits per heavy atom. The molecule has 2 heterocycles. The molecule has 0 bridgehead atoms. The number of morpholine rings is 1. The number of hydrogen-bond donors (Lipinski definition) is 1. The van der Waals surface area contributed by atoms with E-state index in [-0.39, 0.29) is 18.4 Å². The standard InChI is InChI=1S/C23H31N3O3S/c1-5-16(2)25(4)15-19(27)24-22-20(23(28)26-11-13-29-14-12-26)17(3)21(30-22)18-9-7-6-8-10-18/h6-10,16H,5,11-15H2,1-4H3,(H,24,27). The highest BCUT2D eigenvalue weighted by molar-refractivity contribution is 7.20. The fourth-order valence-electron chi connectivity index (χ4n) is 3.51. The van der Waals surface area contributed by atoms with E-state index in [0.29, 0.717) is 42.9 Å². The molecule has 1 aromatic carbocycles. The number of carbonyl (C=O) groups excluding carboxylic acids is 2. The molecule has 7 heteroatoms. The van der Waals surface area contributed by atoms with Gasteiger partial charge >= 0.3 is 0 Å². The van der Waals surface area contributed by atoms with E-state index in [9.17, 15) is 9.59 Å². The summed E-state index contributed by atoms with van der Waals surface area (Å²) in [5, 5.41) is 3.66. The van der Waals surface area contributed by atoms with Gasteiger partial charge in [-0.2, -0.15) is 0 Å². The first-order valence-corrected chi connectivity index (χ1v) is 11.3. The van der Waals surface area contributed by atoms with Crippen molar-refractivity contribution >= 4 is 28.2 Å². The molecule has 1 fully saturated rings. The van der Waals surface area contributed by atoms with Gasteiger partial charge < -0.3 is 15.0 Å². The van der Waals surface area contributed by atoms with Crippen molar-refractivity contribution in [1.82, 2.24) is 9.80 Å². The molecular formula is C23H31N3O3S. The van der Waals surface area contributed by atoms with Crippen LogP contribution in [-0.4, -0.2) is 67.6 Å². The van der Waals surface area contributed by atoms with Crippen LogP contribution in [0.3, 0.4) is 0 Å². The maximum absolute atomic E-state index is 13.4. The van der Waals surface area contributed by atoms with Crippen molar-refractivity contribution in [3.63, 3.8) is 0 Å². The molecule has 1 N–H and O–H groups in total. The Hall–Kier alpha value is -2.22. The number of likely N-dealkylation sites (N-methyl/N-ethyl adjacent to an activating group) is 1. The van der Waals surface area contributed by atoms with E-state index in [2.05, 4.69) is 19.2 Å². The molecule has 30 heavy (non-hydrogen) atoms. The molecule has 1 atom stereocenters. The number of thiophene rings is 1. The minimum atomic E-state index is -0.102. The van der Waals surface area contributed by atoms with Crippen LogP contribution in [-0.2, 0) is 9.53 Å². The van der Waals surface area contributed by atoms with E-state index < -0.39 is 0 Å². The summed E-state index contributed by atoms with van der Waals surface area (Å²) in [6.07, 6.45) is 0.973. The lowest BCUT2D eigenvalue weighted by atomic mass is 10.1. The molecule has 1 aliphatic heterocycles. The highest BCUT2D eigenvalue weighted by Crippen LogP contribution is 2.40. The lowest BCUT2D eigenvalue weighted by Crippen LogP contribution is -2.41. The second-order valence-corrected chi connectivity index (χ2v) is 8.77. The average molecular weight is 430 g/mol. The Labute approximate surface area is 182 Å². The van der Waals surface area contributed by atoms with Gasteiger partial charge in [-0.1, -0.05) is 37.3 Å². The molecule has 162 valence electrons. The van der Waals surface area contributed by atoms with Crippen LogP contribution in [0, 0.1) is 6.92 Å². The van der Waals surface area contributed by atoms with E-state index >= 15 is 0 Å². The van der Waals surface area contributed by atoms with Crippen LogP contribution in [0.2, 0.25) is 0 Å². The maximum atomic E-state index is 13.4. The third-order valence-corrected chi connectivity index (χ3v) is 6.94. The molecule has 1 aromatic heterocycles. The lowest BCUT2D eigenvalue weighted by molar-refractivity contribution is -0.117. The summed E-state index contributed by atoms with van der Waals surface area (Å²) < 4.78 is 5.40. The predicted octanol–water partition coefficient (Wildman–Crippen LogP) is 3.86.